The van der Waals surface area contributed by atoms with E-state index in [2.05, 4.69) is 58.8 Å². The molecule has 1 fully saturated rings. The summed E-state index contributed by atoms with van der Waals surface area (Å²) in [6, 6.07) is 10.1. The molecule has 1 heterocycles. The van der Waals surface area contributed by atoms with Gasteiger partial charge in [0.05, 0.1) is 5.69 Å². The zero-order valence-electron chi connectivity index (χ0n) is 18.9. The first-order chi connectivity index (χ1) is 14.4. The average molecular weight is 412 g/mol. The zero-order valence-corrected chi connectivity index (χ0v) is 18.9. The van der Waals surface area contributed by atoms with Gasteiger partial charge in [0.2, 0.25) is 5.91 Å². The lowest BCUT2D eigenvalue weighted by Crippen LogP contribution is -2.42. The summed E-state index contributed by atoms with van der Waals surface area (Å²) in [4.78, 5) is 15.4. The third kappa shape index (κ3) is 5.70. The molecule has 1 aliphatic rings. The van der Waals surface area contributed by atoms with Crippen LogP contribution >= 0.6 is 0 Å². The van der Waals surface area contributed by atoms with E-state index in [0.29, 0.717) is 12.5 Å². The van der Waals surface area contributed by atoms with Gasteiger partial charge in [-0.15, -0.1) is 0 Å². The first kappa shape index (κ1) is 22.5. The van der Waals surface area contributed by atoms with Crippen molar-refractivity contribution in [2.75, 3.05) is 27.2 Å². The van der Waals surface area contributed by atoms with E-state index in [9.17, 15) is 4.79 Å². The van der Waals surface area contributed by atoms with Gasteiger partial charge in [0.1, 0.15) is 0 Å². The first-order valence-electron chi connectivity index (χ1n) is 11.1. The van der Waals surface area contributed by atoms with Crippen molar-refractivity contribution >= 4 is 5.91 Å². The molecule has 1 amide bonds. The average Bonchev–Trinajstić information content (AvgIpc) is 3.19. The lowest BCUT2D eigenvalue weighted by atomic mass is 9.64. The van der Waals surface area contributed by atoms with E-state index in [1.54, 1.807) is 0 Å². The molecular weight excluding hydrogens is 374 g/mol. The van der Waals surface area contributed by atoms with Gasteiger partial charge in [-0.1, -0.05) is 44.2 Å². The van der Waals surface area contributed by atoms with Crippen molar-refractivity contribution in [2.24, 2.45) is 11.3 Å². The number of hydrogen-bond donors (Lipinski definition) is 3. The summed E-state index contributed by atoms with van der Waals surface area (Å²) in [6.07, 6.45) is 4.98. The van der Waals surface area contributed by atoms with Gasteiger partial charge in [-0.05, 0) is 44.3 Å². The minimum absolute atomic E-state index is 0.00265. The lowest BCUT2D eigenvalue weighted by molar-refractivity contribution is -0.130. The highest BCUT2D eigenvalue weighted by atomic mass is 16.1. The fourth-order valence-corrected chi connectivity index (χ4v) is 4.54. The maximum Gasteiger partial charge on any atom is 0.223 e. The highest BCUT2D eigenvalue weighted by molar-refractivity contribution is 5.79. The molecule has 3 N–H and O–H groups in total. The highest BCUT2D eigenvalue weighted by Gasteiger charge is 2.42. The molecule has 2 atom stereocenters. The van der Waals surface area contributed by atoms with Gasteiger partial charge in [-0.25, -0.2) is 0 Å². The van der Waals surface area contributed by atoms with Crippen LogP contribution in [0.1, 0.15) is 55.8 Å². The van der Waals surface area contributed by atoms with Crippen molar-refractivity contribution in [3.63, 3.8) is 0 Å². The topological polar surface area (TPSA) is 73.0 Å². The van der Waals surface area contributed by atoms with Gasteiger partial charge in [0.25, 0.3) is 0 Å². The van der Waals surface area contributed by atoms with Crippen LogP contribution in [-0.2, 0) is 17.9 Å². The van der Waals surface area contributed by atoms with E-state index < -0.39 is 0 Å². The quantitative estimate of drug-likeness (QED) is 0.592. The molecule has 1 aromatic carbocycles. The smallest absolute Gasteiger partial charge is 0.223 e. The molecule has 0 aliphatic heterocycles. The van der Waals surface area contributed by atoms with E-state index in [4.69, 9.17) is 0 Å². The van der Waals surface area contributed by atoms with Crippen LogP contribution in [-0.4, -0.2) is 48.2 Å². The van der Waals surface area contributed by atoms with Crippen LogP contribution in [0.3, 0.4) is 0 Å². The van der Waals surface area contributed by atoms with Gasteiger partial charge in [-0.3, -0.25) is 9.89 Å². The van der Waals surface area contributed by atoms with E-state index in [1.807, 2.05) is 31.4 Å². The Balaban J connectivity index is 1.66. The molecule has 1 saturated carbocycles. The molecule has 2 aromatic rings. The van der Waals surface area contributed by atoms with Crippen molar-refractivity contribution in [2.45, 2.75) is 52.1 Å². The Kier molecular flexibility index (Phi) is 7.67. The minimum atomic E-state index is -0.00784. The number of likely N-dealkylation sites (N-methyl/N-ethyl adjacent to an activating group) is 2. The summed E-state index contributed by atoms with van der Waals surface area (Å²) in [6.45, 7) is 7.87. The summed E-state index contributed by atoms with van der Waals surface area (Å²) >= 11 is 0. The Labute approximate surface area is 180 Å². The fraction of sp³-hybridized carbons (Fsp3) is 0.583. The molecule has 6 nitrogen and oxygen atoms in total. The molecule has 6 heteroatoms. The van der Waals surface area contributed by atoms with Gasteiger partial charge < -0.3 is 15.5 Å². The highest BCUT2D eigenvalue weighted by Crippen LogP contribution is 2.47. The van der Waals surface area contributed by atoms with Crippen LogP contribution in [0, 0.1) is 11.3 Å². The number of aromatic nitrogens is 2. The summed E-state index contributed by atoms with van der Waals surface area (Å²) < 4.78 is 0. The van der Waals surface area contributed by atoms with Gasteiger partial charge in [0.15, 0.2) is 0 Å². The zero-order chi connectivity index (χ0) is 21.6. The molecular formula is C24H37N5O. The Hall–Kier alpha value is -2.18. The van der Waals surface area contributed by atoms with Crippen molar-refractivity contribution in [3.05, 3.63) is 53.3 Å². The number of hydrogen-bond acceptors (Lipinski definition) is 4. The predicted molar refractivity (Wildman–Crippen MR) is 121 cm³/mol. The molecule has 30 heavy (non-hydrogen) atoms. The number of nitrogens with zero attached hydrogens (tertiary/aromatic N) is 2. The largest absolute Gasteiger partial charge is 0.352 e. The number of carbonyl (C=O) groups is 1. The van der Waals surface area contributed by atoms with Crippen molar-refractivity contribution < 1.29 is 4.79 Å². The van der Waals surface area contributed by atoms with Crippen LogP contribution in [0.25, 0.3) is 0 Å². The summed E-state index contributed by atoms with van der Waals surface area (Å²) in [7, 11) is 4.11. The van der Waals surface area contributed by atoms with Crippen molar-refractivity contribution in [1.82, 2.24) is 25.7 Å². The third-order valence-corrected chi connectivity index (χ3v) is 6.55. The van der Waals surface area contributed by atoms with Crippen LogP contribution in [0.2, 0.25) is 0 Å². The van der Waals surface area contributed by atoms with E-state index in [-0.39, 0.29) is 17.2 Å². The number of amides is 1. The summed E-state index contributed by atoms with van der Waals surface area (Å²) in [5, 5.41) is 14.1. The van der Waals surface area contributed by atoms with Crippen LogP contribution in [0.5, 0.6) is 0 Å². The number of carbonyl (C=O) groups excluding carboxylic acids is 1. The number of rotatable bonds is 9. The van der Waals surface area contributed by atoms with E-state index in [0.717, 1.165) is 50.2 Å². The Morgan fingerprint density at radius 2 is 2.07 bits per heavy atom. The summed E-state index contributed by atoms with van der Waals surface area (Å²) in [5.41, 5.74) is 3.52. The molecule has 0 spiro atoms. The molecule has 3 rings (SSSR count). The van der Waals surface area contributed by atoms with E-state index in [1.165, 1.54) is 5.56 Å². The van der Waals surface area contributed by atoms with E-state index >= 15 is 0 Å². The second kappa shape index (κ2) is 10.2. The molecule has 1 aliphatic carbocycles. The second-order valence-corrected chi connectivity index (χ2v) is 9.35. The predicted octanol–water partition coefficient (Wildman–Crippen LogP) is 3.29. The number of benzene rings is 1. The number of H-pyrrole nitrogens is 1. The monoisotopic (exact) mass is 411 g/mol. The summed E-state index contributed by atoms with van der Waals surface area (Å²) in [5.74, 6) is 0.479. The third-order valence-electron chi connectivity index (χ3n) is 6.55. The minimum Gasteiger partial charge on any atom is -0.352 e. The standard InChI is InChI=1S/C24H37N5O/c1-24(2)11-10-19(22-20(16-27-28-22)17-29(4)13-12-25-3)14-21(24)23(30)26-15-18-8-6-5-7-9-18/h5-9,16,19,21,25H,10-15,17H2,1-4H3,(H,26,30)(H,27,28). The maximum absolute atomic E-state index is 13.1. The maximum atomic E-state index is 13.1. The molecule has 2 unspecified atom stereocenters. The lowest BCUT2D eigenvalue weighted by Gasteiger charge is -2.41. The molecule has 1 aromatic heterocycles. The van der Waals surface area contributed by atoms with Crippen molar-refractivity contribution in [3.8, 4) is 0 Å². The molecule has 0 radical (unpaired) electrons. The SMILES string of the molecule is CNCCN(C)Cc1c[nH]nc1C1CCC(C)(C)C(C(=O)NCc2ccccc2)C1. The number of nitrogens with one attached hydrogen (secondary N) is 3. The van der Waals surface area contributed by atoms with Crippen LogP contribution < -0.4 is 10.6 Å². The number of aromatic amines is 1. The second-order valence-electron chi connectivity index (χ2n) is 9.35. The van der Waals surface area contributed by atoms with Gasteiger partial charge >= 0.3 is 0 Å². The van der Waals surface area contributed by atoms with Crippen LogP contribution in [0.4, 0.5) is 0 Å². The molecule has 164 valence electrons. The van der Waals surface area contributed by atoms with Crippen LogP contribution in [0.15, 0.2) is 36.5 Å². The van der Waals surface area contributed by atoms with Gasteiger partial charge in [0, 0.05) is 49.8 Å². The van der Waals surface area contributed by atoms with Gasteiger partial charge in [-0.2, -0.15) is 5.10 Å². The fourth-order valence-electron chi connectivity index (χ4n) is 4.54. The Morgan fingerprint density at radius 1 is 1.30 bits per heavy atom. The normalized spacial score (nSPS) is 21.0. The first-order valence-corrected chi connectivity index (χ1v) is 11.1. The Bertz CT molecular complexity index is 801. The van der Waals surface area contributed by atoms with Crippen molar-refractivity contribution in [1.29, 1.82) is 0 Å². The molecule has 0 saturated heterocycles. The Morgan fingerprint density at radius 3 is 2.80 bits per heavy atom. The molecule has 0 bridgehead atoms.